The third-order valence-electron chi connectivity index (χ3n) is 7.55. The van der Waals surface area contributed by atoms with Crippen LogP contribution in [0.3, 0.4) is 0 Å². The van der Waals surface area contributed by atoms with E-state index in [0.717, 1.165) is 23.1 Å². The maximum absolute atomic E-state index is 14.0. The van der Waals surface area contributed by atoms with Gasteiger partial charge >= 0.3 is 0 Å². The highest BCUT2D eigenvalue weighted by atomic mass is 16.5. The zero-order valence-electron chi connectivity index (χ0n) is 25.0. The molecule has 0 spiro atoms. The van der Waals surface area contributed by atoms with Gasteiger partial charge in [-0.2, -0.15) is 0 Å². The van der Waals surface area contributed by atoms with Crippen LogP contribution in [0.25, 0.3) is 0 Å². The van der Waals surface area contributed by atoms with Gasteiger partial charge in [0.1, 0.15) is 12.1 Å². The molecule has 5 rings (SSSR count). The molecule has 1 aliphatic rings. The van der Waals surface area contributed by atoms with E-state index in [4.69, 9.17) is 10.5 Å². The summed E-state index contributed by atoms with van der Waals surface area (Å²) in [7, 11) is 0. The highest BCUT2D eigenvalue weighted by molar-refractivity contribution is 5.98. The molecule has 228 valence electrons. The van der Waals surface area contributed by atoms with E-state index in [1.807, 2.05) is 77.7 Å². The second-order valence-corrected chi connectivity index (χ2v) is 11.5. The summed E-state index contributed by atoms with van der Waals surface area (Å²) in [5.41, 5.74) is 8.91. The Morgan fingerprint density at radius 3 is 2.32 bits per heavy atom. The van der Waals surface area contributed by atoms with Crippen molar-refractivity contribution in [3.8, 4) is 0 Å². The molecular formula is C34H38N6O4. The van der Waals surface area contributed by atoms with Crippen molar-refractivity contribution < 1.29 is 19.1 Å². The van der Waals surface area contributed by atoms with E-state index in [2.05, 4.69) is 27.8 Å². The normalized spacial score (nSPS) is 14.3. The predicted molar refractivity (Wildman–Crippen MR) is 167 cm³/mol. The number of benzene rings is 3. The quantitative estimate of drug-likeness (QED) is 0.244. The molecule has 10 heteroatoms. The Labute approximate surface area is 257 Å². The zero-order chi connectivity index (χ0) is 31.1. The van der Waals surface area contributed by atoms with Crippen molar-refractivity contribution in [2.24, 2.45) is 5.73 Å². The van der Waals surface area contributed by atoms with Gasteiger partial charge in [0.15, 0.2) is 5.82 Å². The number of amides is 3. The molecule has 2 atom stereocenters. The number of carbonyl (C=O) groups excluding carboxylic acids is 3. The molecule has 3 amide bonds. The number of carbonyl (C=O) groups is 3. The van der Waals surface area contributed by atoms with Gasteiger partial charge < -0.3 is 30.6 Å². The highest BCUT2D eigenvalue weighted by Gasteiger charge is 2.31. The lowest BCUT2D eigenvalue weighted by Crippen LogP contribution is -2.56. The lowest BCUT2D eigenvalue weighted by Gasteiger charge is -2.32. The van der Waals surface area contributed by atoms with Crippen molar-refractivity contribution in [2.45, 2.75) is 51.0 Å². The molecule has 0 bridgehead atoms. The van der Waals surface area contributed by atoms with Crippen molar-refractivity contribution in [1.29, 1.82) is 0 Å². The summed E-state index contributed by atoms with van der Waals surface area (Å²) in [6, 6.07) is 25.5. The number of fused-ring (bicyclic) bond motifs is 1. The summed E-state index contributed by atoms with van der Waals surface area (Å²) in [5, 5.41) is 5.47. The van der Waals surface area contributed by atoms with Gasteiger partial charge in [0.05, 0.1) is 25.1 Å². The van der Waals surface area contributed by atoms with Gasteiger partial charge in [-0.05, 0) is 42.5 Å². The number of nitrogens with zero attached hydrogens (tertiary/aromatic N) is 3. The average molecular weight is 595 g/mol. The van der Waals surface area contributed by atoms with E-state index in [1.54, 1.807) is 24.6 Å². The minimum atomic E-state index is -1.20. The molecule has 2 heterocycles. The van der Waals surface area contributed by atoms with Gasteiger partial charge in [-0.25, -0.2) is 4.98 Å². The van der Waals surface area contributed by atoms with Gasteiger partial charge in [0.25, 0.3) is 11.8 Å². The first-order chi connectivity index (χ1) is 21.2. The van der Waals surface area contributed by atoms with Crippen LogP contribution in [0.15, 0.2) is 97.5 Å². The number of hydrogen-bond acceptors (Lipinski definition) is 6. The van der Waals surface area contributed by atoms with E-state index >= 15 is 0 Å². The summed E-state index contributed by atoms with van der Waals surface area (Å²) >= 11 is 0. The Bertz CT molecular complexity index is 1580. The molecule has 1 aromatic heterocycles. The van der Waals surface area contributed by atoms with Crippen LogP contribution >= 0.6 is 0 Å². The van der Waals surface area contributed by atoms with Gasteiger partial charge in [-0.3, -0.25) is 14.4 Å². The Balaban J connectivity index is 1.32. The van der Waals surface area contributed by atoms with Crippen molar-refractivity contribution in [3.63, 3.8) is 0 Å². The molecule has 2 unspecified atom stereocenters. The van der Waals surface area contributed by atoms with Crippen LogP contribution in [0, 0.1) is 0 Å². The van der Waals surface area contributed by atoms with Crippen LogP contribution in [0.1, 0.15) is 42.1 Å². The third kappa shape index (κ3) is 7.58. The van der Waals surface area contributed by atoms with E-state index in [0.29, 0.717) is 13.1 Å². The predicted octanol–water partition coefficient (Wildman–Crippen LogP) is 3.43. The molecule has 0 radical (unpaired) electrons. The number of nitrogens with two attached hydrogens (primary N) is 1. The Kier molecular flexibility index (Phi) is 9.52. The summed E-state index contributed by atoms with van der Waals surface area (Å²) in [6.07, 6.45) is 3.95. The zero-order valence-corrected chi connectivity index (χ0v) is 25.0. The molecule has 44 heavy (non-hydrogen) atoms. The van der Waals surface area contributed by atoms with Gasteiger partial charge in [-0.15, -0.1) is 0 Å². The molecule has 0 aliphatic carbocycles. The SMILES string of the molecule is CC(C)(N)C(=O)NC(COCc1ccccc1)C(=O)Nc1cn(C(C(=O)N2CCc3ccccc3C2)c2ccccc2)cn1. The van der Waals surface area contributed by atoms with Crippen LogP contribution in [0.2, 0.25) is 0 Å². The first-order valence-electron chi connectivity index (χ1n) is 14.7. The molecule has 0 fully saturated rings. The van der Waals surface area contributed by atoms with E-state index in [1.165, 1.54) is 11.9 Å². The van der Waals surface area contributed by atoms with E-state index in [9.17, 15) is 14.4 Å². The fraction of sp³-hybridized carbons (Fsp3) is 0.294. The summed E-state index contributed by atoms with van der Waals surface area (Å²) in [6.45, 7) is 4.45. The number of anilines is 1. The minimum Gasteiger partial charge on any atom is -0.374 e. The van der Waals surface area contributed by atoms with E-state index in [-0.39, 0.29) is 24.9 Å². The lowest BCUT2D eigenvalue weighted by molar-refractivity contribution is -0.134. The van der Waals surface area contributed by atoms with Gasteiger partial charge in [0.2, 0.25) is 5.91 Å². The molecule has 1 aliphatic heterocycles. The standard InChI is InChI=1S/C34H38N6O4/c1-34(2,35)33(43)37-28(22-44-21-24-11-5-3-6-12-24)31(41)38-29-20-40(23-36-29)30(26-14-7-4-8-15-26)32(42)39-18-17-25-13-9-10-16-27(25)19-39/h3-16,20,23,28,30H,17-19,21-22,35H2,1-2H3,(H,37,43)(H,38,41). The number of ether oxygens (including phenoxy) is 1. The second kappa shape index (κ2) is 13.7. The molecule has 4 aromatic rings. The fourth-order valence-electron chi connectivity index (χ4n) is 5.09. The first kappa shape index (κ1) is 30.7. The number of imidazole rings is 1. The third-order valence-corrected chi connectivity index (χ3v) is 7.55. The number of nitrogens with one attached hydrogen (secondary N) is 2. The smallest absolute Gasteiger partial charge is 0.250 e. The van der Waals surface area contributed by atoms with Crippen LogP contribution in [-0.2, 0) is 38.7 Å². The van der Waals surface area contributed by atoms with Crippen molar-refractivity contribution in [1.82, 2.24) is 19.8 Å². The maximum atomic E-state index is 14.0. The molecule has 4 N–H and O–H groups in total. The van der Waals surface area contributed by atoms with E-state index < -0.39 is 29.4 Å². The highest BCUT2D eigenvalue weighted by Crippen LogP contribution is 2.26. The number of rotatable bonds is 11. The molecule has 10 nitrogen and oxygen atoms in total. The maximum Gasteiger partial charge on any atom is 0.250 e. The van der Waals surface area contributed by atoms with Gasteiger partial charge in [0, 0.05) is 19.3 Å². The Morgan fingerprint density at radius 2 is 1.61 bits per heavy atom. The van der Waals surface area contributed by atoms with Crippen LogP contribution in [-0.4, -0.2) is 56.9 Å². The molecular weight excluding hydrogens is 556 g/mol. The molecule has 0 saturated carbocycles. The van der Waals surface area contributed by atoms with Crippen molar-refractivity contribution >= 4 is 23.5 Å². The summed E-state index contributed by atoms with van der Waals surface area (Å²) in [4.78, 5) is 46.3. The van der Waals surface area contributed by atoms with Crippen molar-refractivity contribution in [2.75, 3.05) is 18.5 Å². The Hall–Kier alpha value is -4.80. The van der Waals surface area contributed by atoms with Crippen molar-refractivity contribution in [3.05, 3.63) is 120 Å². The molecule has 3 aromatic carbocycles. The second-order valence-electron chi connectivity index (χ2n) is 11.5. The lowest BCUT2D eigenvalue weighted by atomic mass is 9.98. The number of hydrogen-bond donors (Lipinski definition) is 3. The summed E-state index contributed by atoms with van der Waals surface area (Å²) in [5.74, 6) is -0.840. The topological polar surface area (TPSA) is 132 Å². The monoisotopic (exact) mass is 594 g/mol. The van der Waals surface area contributed by atoms with Crippen LogP contribution in [0.5, 0.6) is 0 Å². The largest absolute Gasteiger partial charge is 0.374 e. The minimum absolute atomic E-state index is 0.0643. The number of aromatic nitrogens is 2. The Morgan fingerprint density at radius 1 is 0.955 bits per heavy atom. The average Bonchev–Trinajstić information content (AvgIpc) is 3.48. The first-order valence-corrected chi connectivity index (χ1v) is 14.7. The van der Waals surface area contributed by atoms with Crippen LogP contribution in [0.4, 0.5) is 5.82 Å². The van der Waals surface area contributed by atoms with Gasteiger partial charge in [-0.1, -0.05) is 84.9 Å². The summed E-state index contributed by atoms with van der Waals surface area (Å²) < 4.78 is 7.49. The fourth-order valence-corrected chi connectivity index (χ4v) is 5.09. The molecule has 0 saturated heterocycles. The van der Waals surface area contributed by atoms with Crippen LogP contribution < -0.4 is 16.4 Å².